The molecule has 1 atom stereocenters. The van der Waals surface area contributed by atoms with E-state index in [-0.39, 0.29) is 19.2 Å². The Morgan fingerprint density at radius 1 is 1.39 bits per heavy atom. The quantitative estimate of drug-likeness (QED) is 0.753. The molecule has 18 heavy (non-hydrogen) atoms. The number of nitrogens with zero attached hydrogens (tertiary/aromatic N) is 1. The number of hydrogen-bond acceptors (Lipinski definition) is 3. The maximum atomic E-state index is 12.0. The average molecular weight is 290 g/mol. The number of hydrogen-bond donors (Lipinski definition) is 2. The summed E-state index contributed by atoms with van der Waals surface area (Å²) in [6, 6.07) is -0.317. The molecule has 2 N–H and O–H groups in total. The molecule has 0 saturated carbocycles. The summed E-state index contributed by atoms with van der Waals surface area (Å²) < 4.78 is 62.0. The lowest BCUT2D eigenvalue weighted by Gasteiger charge is -2.24. The van der Waals surface area contributed by atoms with E-state index in [0.717, 1.165) is 4.31 Å². The zero-order valence-electron chi connectivity index (χ0n) is 9.78. The Hall–Kier alpha value is -0.380. The van der Waals surface area contributed by atoms with Crippen LogP contribution < -0.4 is 4.72 Å². The van der Waals surface area contributed by atoms with Gasteiger partial charge in [0.15, 0.2) is 0 Å². The first-order valence-corrected chi connectivity index (χ1v) is 7.14. The van der Waals surface area contributed by atoms with Gasteiger partial charge in [-0.25, -0.2) is 0 Å². The van der Waals surface area contributed by atoms with Gasteiger partial charge in [0.2, 0.25) is 0 Å². The van der Waals surface area contributed by atoms with E-state index in [1.807, 2.05) is 0 Å². The van der Waals surface area contributed by atoms with Gasteiger partial charge in [-0.3, -0.25) is 0 Å². The van der Waals surface area contributed by atoms with E-state index in [9.17, 15) is 21.6 Å². The van der Waals surface area contributed by atoms with E-state index < -0.39 is 22.9 Å². The van der Waals surface area contributed by atoms with Crippen molar-refractivity contribution in [2.75, 3.05) is 19.7 Å². The minimum Gasteiger partial charge on any atom is -0.396 e. The van der Waals surface area contributed by atoms with Crippen LogP contribution in [-0.2, 0) is 10.2 Å². The smallest absolute Gasteiger partial charge is 0.396 e. The van der Waals surface area contributed by atoms with Gasteiger partial charge in [-0.05, 0) is 25.7 Å². The molecule has 0 bridgehead atoms. The molecule has 0 aromatic heterocycles. The molecule has 108 valence electrons. The molecule has 9 heteroatoms. The van der Waals surface area contributed by atoms with Crippen molar-refractivity contribution in [2.45, 2.75) is 37.9 Å². The molecule has 0 aromatic rings. The SMILES string of the molecule is O=S(=O)(NCC(F)(F)F)N1CCCC1CCCO. The molecule has 0 spiro atoms. The Morgan fingerprint density at radius 3 is 2.61 bits per heavy atom. The fraction of sp³-hybridized carbons (Fsp3) is 1.00. The Balaban J connectivity index is 2.60. The third-order valence-corrected chi connectivity index (χ3v) is 4.39. The lowest BCUT2D eigenvalue weighted by Crippen LogP contribution is -2.46. The molecule has 1 aliphatic heterocycles. The van der Waals surface area contributed by atoms with Crippen molar-refractivity contribution in [1.29, 1.82) is 0 Å². The molecule has 0 radical (unpaired) electrons. The fourth-order valence-corrected chi connectivity index (χ4v) is 3.48. The summed E-state index contributed by atoms with van der Waals surface area (Å²) in [6.07, 6.45) is -2.41. The van der Waals surface area contributed by atoms with Crippen molar-refractivity contribution < 1.29 is 26.7 Å². The van der Waals surface area contributed by atoms with Gasteiger partial charge in [-0.2, -0.15) is 30.6 Å². The van der Waals surface area contributed by atoms with E-state index in [1.165, 1.54) is 0 Å². The maximum Gasteiger partial charge on any atom is 0.402 e. The summed E-state index contributed by atoms with van der Waals surface area (Å²) in [5, 5.41) is 8.69. The Kier molecular flexibility index (Phi) is 5.38. The van der Waals surface area contributed by atoms with Crippen molar-refractivity contribution in [1.82, 2.24) is 9.03 Å². The van der Waals surface area contributed by atoms with Crippen molar-refractivity contribution in [3.05, 3.63) is 0 Å². The van der Waals surface area contributed by atoms with Gasteiger partial charge in [-0.15, -0.1) is 0 Å². The predicted octanol–water partition coefficient (Wildman–Crippen LogP) is 0.620. The van der Waals surface area contributed by atoms with Crippen molar-refractivity contribution in [2.24, 2.45) is 0 Å². The zero-order chi connectivity index (χ0) is 13.8. The highest BCUT2D eigenvalue weighted by atomic mass is 32.2. The van der Waals surface area contributed by atoms with Gasteiger partial charge in [0.05, 0.1) is 0 Å². The number of aliphatic hydroxyl groups excluding tert-OH is 1. The lowest BCUT2D eigenvalue weighted by molar-refractivity contribution is -0.121. The molecule has 5 nitrogen and oxygen atoms in total. The summed E-state index contributed by atoms with van der Waals surface area (Å²) >= 11 is 0. The normalized spacial score (nSPS) is 22.6. The predicted molar refractivity (Wildman–Crippen MR) is 59.0 cm³/mol. The van der Waals surface area contributed by atoms with Gasteiger partial charge in [0.25, 0.3) is 10.2 Å². The minimum absolute atomic E-state index is 0.0552. The van der Waals surface area contributed by atoms with E-state index in [2.05, 4.69) is 0 Å². The molecule has 0 amide bonds. The second-order valence-corrected chi connectivity index (χ2v) is 5.92. The molecule has 1 rings (SSSR count). The topological polar surface area (TPSA) is 69.6 Å². The van der Waals surface area contributed by atoms with Crippen LogP contribution in [0.4, 0.5) is 13.2 Å². The lowest BCUT2D eigenvalue weighted by atomic mass is 10.1. The number of alkyl halides is 3. The van der Waals surface area contributed by atoms with Gasteiger partial charge in [0, 0.05) is 19.2 Å². The first-order chi connectivity index (χ1) is 8.26. The highest BCUT2D eigenvalue weighted by Crippen LogP contribution is 2.24. The van der Waals surface area contributed by atoms with Crippen LogP contribution in [0.2, 0.25) is 0 Å². The van der Waals surface area contributed by atoms with Gasteiger partial charge < -0.3 is 5.11 Å². The van der Waals surface area contributed by atoms with Crippen LogP contribution in [-0.4, -0.2) is 49.7 Å². The molecule has 1 fully saturated rings. The van der Waals surface area contributed by atoms with Crippen molar-refractivity contribution >= 4 is 10.2 Å². The van der Waals surface area contributed by atoms with E-state index in [4.69, 9.17) is 5.11 Å². The van der Waals surface area contributed by atoms with Gasteiger partial charge in [-0.1, -0.05) is 0 Å². The summed E-state index contributed by atoms with van der Waals surface area (Å²) in [7, 11) is -4.09. The summed E-state index contributed by atoms with van der Waals surface area (Å²) in [4.78, 5) is 0. The van der Waals surface area contributed by atoms with Gasteiger partial charge in [0.1, 0.15) is 6.54 Å². The van der Waals surface area contributed by atoms with Crippen LogP contribution in [0.25, 0.3) is 0 Å². The van der Waals surface area contributed by atoms with E-state index >= 15 is 0 Å². The van der Waals surface area contributed by atoms with E-state index in [0.29, 0.717) is 25.7 Å². The Morgan fingerprint density at radius 2 is 2.06 bits per heavy atom. The maximum absolute atomic E-state index is 12.0. The average Bonchev–Trinajstić information content (AvgIpc) is 2.72. The van der Waals surface area contributed by atoms with Crippen LogP contribution in [0.3, 0.4) is 0 Å². The van der Waals surface area contributed by atoms with Crippen LogP contribution in [0.5, 0.6) is 0 Å². The molecule has 0 aliphatic carbocycles. The van der Waals surface area contributed by atoms with Crippen molar-refractivity contribution in [3.63, 3.8) is 0 Å². The van der Waals surface area contributed by atoms with Crippen LogP contribution in [0, 0.1) is 0 Å². The molecule has 1 unspecified atom stereocenters. The monoisotopic (exact) mass is 290 g/mol. The number of aliphatic hydroxyl groups is 1. The largest absolute Gasteiger partial charge is 0.402 e. The molecule has 1 saturated heterocycles. The number of rotatable bonds is 6. The molecule has 1 heterocycles. The zero-order valence-corrected chi connectivity index (χ0v) is 10.6. The Labute approximate surface area is 104 Å². The highest BCUT2D eigenvalue weighted by molar-refractivity contribution is 7.87. The summed E-state index contributed by atoms with van der Waals surface area (Å²) in [5.41, 5.74) is 0. The van der Waals surface area contributed by atoms with Gasteiger partial charge >= 0.3 is 6.18 Å². The first-order valence-electron chi connectivity index (χ1n) is 5.70. The second kappa shape index (κ2) is 6.18. The molecule has 0 aromatic carbocycles. The second-order valence-electron chi connectivity index (χ2n) is 4.21. The summed E-state index contributed by atoms with van der Waals surface area (Å²) in [6.45, 7) is -1.39. The van der Waals surface area contributed by atoms with E-state index in [1.54, 1.807) is 4.72 Å². The molecular weight excluding hydrogens is 273 g/mol. The number of nitrogens with one attached hydrogen (secondary N) is 1. The third-order valence-electron chi connectivity index (χ3n) is 2.78. The Bertz CT molecular complexity index is 359. The van der Waals surface area contributed by atoms with Crippen LogP contribution in [0.1, 0.15) is 25.7 Å². The highest BCUT2D eigenvalue weighted by Gasteiger charge is 2.36. The van der Waals surface area contributed by atoms with Crippen LogP contribution in [0.15, 0.2) is 0 Å². The number of halogens is 3. The van der Waals surface area contributed by atoms with Crippen LogP contribution >= 0.6 is 0 Å². The molecule has 1 aliphatic rings. The summed E-state index contributed by atoms with van der Waals surface area (Å²) in [5.74, 6) is 0. The first kappa shape index (κ1) is 15.7. The van der Waals surface area contributed by atoms with Crippen molar-refractivity contribution in [3.8, 4) is 0 Å². The molecular formula is C9H17F3N2O3S. The minimum atomic E-state index is -4.56. The fourth-order valence-electron chi connectivity index (χ4n) is 2.00. The third kappa shape index (κ3) is 4.71. The standard InChI is InChI=1S/C9H17F3N2O3S/c10-9(11,12)7-13-18(16,17)14-5-1-3-8(14)4-2-6-15/h8,13,15H,1-7H2.